The first-order valence-corrected chi connectivity index (χ1v) is 7.88. The van der Waals surface area contributed by atoms with Gasteiger partial charge in [0.1, 0.15) is 12.3 Å². The molecule has 2 heterocycles. The first-order chi connectivity index (χ1) is 13.3. The van der Waals surface area contributed by atoms with E-state index < -0.39 is 54.8 Å². The molecule has 1 atom stereocenters. The van der Waals surface area contributed by atoms with Crippen LogP contribution in [0.4, 0.5) is 35.1 Å². The molecule has 0 bridgehead atoms. The van der Waals surface area contributed by atoms with Gasteiger partial charge in [0.05, 0.1) is 17.4 Å². The lowest BCUT2D eigenvalue weighted by Crippen LogP contribution is -2.36. The second-order valence-corrected chi connectivity index (χ2v) is 6.14. The number of hydrogen-bond donors (Lipinski definition) is 1. The molecule has 1 N–H and O–H groups in total. The van der Waals surface area contributed by atoms with Crippen LogP contribution in [0.25, 0.3) is 10.9 Å². The Hall–Kier alpha value is -2.64. The van der Waals surface area contributed by atoms with Crippen molar-refractivity contribution in [3.8, 4) is 11.6 Å². The number of aromatic nitrogens is 2. The zero-order valence-corrected chi connectivity index (χ0v) is 14.1. The van der Waals surface area contributed by atoms with Crippen molar-refractivity contribution in [1.29, 1.82) is 0 Å². The highest BCUT2D eigenvalue weighted by Gasteiger charge is 2.46. The maximum atomic E-state index is 13.7. The van der Waals surface area contributed by atoms with Gasteiger partial charge in [-0.1, -0.05) is 0 Å². The number of carbonyl (C=O) groups excluding carboxylic acids is 1. The number of nitrogens with zero attached hydrogens (tertiary/aromatic N) is 2. The highest BCUT2D eigenvalue weighted by Crippen LogP contribution is 2.34. The fraction of sp³-hybridized carbons (Fsp3) is 0.467. The van der Waals surface area contributed by atoms with Crippen LogP contribution in [0.15, 0.2) is 18.2 Å². The highest BCUT2D eigenvalue weighted by atomic mass is 19.4. The lowest BCUT2D eigenvalue weighted by Gasteiger charge is -2.19. The molecule has 1 aliphatic rings. The van der Waals surface area contributed by atoms with E-state index in [1.165, 1.54) is 0 Å². The van der Waals surface area contributed by atoms with Crippen molar-refractivity contribution >= 4 is 16.9 Å². The average Bonchev–Trinajstić information content (AvgIpc) is 3.05. The van der Waals surface area contributed by atoms with Crippen LogP contribution in [0.3, 0.4) is 0 Å². The average molecular weight is 433 g/mol. The molecule has 1 saturated heterocycles. The Morgan fingerprint density at radius 2 is 1.93 bits per heavy atom. The van der Waals surface area contributed by atoms with Crippen molar-refractivity contribution in [2.75, 3.05) is 13.1 Å². The molecule has 3 rings (SSSR count). The molecule has 1 aromatic carbocycles. The van der Waals surface area contributed by atoms with Gasteiger partial charge in [-0.3, -0.25) is 4.68 Å². The lowest BCUT2D eigenvalue weighted by atomic mass is 10.2. The van der Waals surface area contributed by atoms with Crippen LogP contribution in [-0.4, -0.2) is 53.2 Å². The van der Waals surface area contributed by atoms with Gasteiger partial charge in [-0.15, -0.1) is 5.10 Å². The Morgan fingerprint density at radius 3 is 2.48 bits per heavy atom. The minimum absolute atomic E-state index is 0.221. The van der Waals surface area contributed by atoms with Gasteiger partial charge in [-0.25, -0.2) is 13.6 Å². The molecule has 1 fully saturated rings. The van der Waals surface area contributed by atoms with Crippen molar-refractivity contribution in [2.45, 2.75) is 30.9 Å². The van der Waals surface area contributed by atoms with Crippen LogP contribution in [0.2, 0.25) is 0 Å². The van der Waals surface area contributed by atoms with Crippen LogP contribution >= 0.6 is 0 Å². The second-order valence-electron chi connectivity index (χ2n) is 6.14. The van der Waals surface area contributed by atoms with E-state index in [0.29, 0.717) is 0 Å². The minimum Gasteiger partial charge on any atom is -0.483 e. The van der Waals surface area contributed by atoms with E-state index in [4.69, 9.17) is 4.74 Å². The van der Waals surface area contributed by atoms with E-state index in [2.05, 4.69) is 15.2 Å². The van der Waals surface area contributed by atoms with Crippen molar-refractivity contribution in [3.05, 3.63) is 18.2 Å². The zero-order chi connectivity index (χ0) is 21.6. The number of benzene rings is 1. The third-order valence-corrected chi connectivity index (χ3v) is 3.88. The minimum atomic E-state index is -5.40. The molecule has 0 spiro atoms. The molecule has 2 aromatic rings. The van der Waals surface area contributed by atoms with E-state index in [1.807, 2.05) is 0 Å². The Balaban J connectivity index is 1.98. The summed E-state index contributed by atoms with van der Waals surface area (Å²) in [6.07, 6.45) is -11.8. The zero-order valence-electron chi connectivity index (χ0n) is 14.1. The van der Waals surface area contributed by atoms with Gasteiger partial charge < -0.3 is 14.8 Å². The Labute approximate surface area is 156 Å². The second kappa shape index (κ2) is 7.00. The van der Waals surface area contributed by atoms with Crippen LogP contribution in [0.5, 0.6) is 11.6 Å². The summed E-state index contributed by atoms with van der Waals surface area (Å²) < 4.78 is 112. The van der Waals surface area contributed by atoms with E-state index in [-0.39, 0.29) is 22.4 Å². The third kappa shape index (κ3) is 4.68. The van der Waals surface area contributed by atoms with Gasteiger partial charge in [0.25, 0.3) is 5.92 Å². The van der Waals surface area contributed by atoms with E-state index >= 15 is 0 Å². The van der Waals surface area contributed by atoms with E-state index in [0.717, 1.165) is 18.2 Å². The van der Waals surface area contributed by atoms with Crippen molar-refractivity contribution < 1.29 is 49.4 Å². The summed E-state index contributed by atoms with van der Waals surface area (Å²) in [6, 6.07) is 2.90. The molecule has 0 unspecified atom stereocenters. The maximum absolute atomic E-state index is 13.7. The number of nitrogens with one attached hydrogen (secondary N) is 1. The molecule has 14 heteroatoms. The van der Waals surface area contributed by atoms with Gasteiger partial charge in [0, 0.05) is 12.6 Å². The molecule has 6 nitrogen and oxygen atoms in total. The smallest absolute Gasteiger partial charge is 0.483 e. The van der Waals surface area contributed by atoms with Crippen LogP contribution in [0, 0.1) is 0 Å². The molecule has 0 amide bonds. The summed E-state index contributed by atoms with van der Waals surface area (Å²) in [5.74, 6) is -7.17. The van der Waals surface area contributed by atoms with E-state index in [1.54, 1.807) is 0 Å². The Morgan fingerprint density at radius 1 is 1.24 bits per heavy atom. The molecular formula is C15H11F8N3O3. The number of ether oxygens (including phenoxy) is 2. The number of rotatable bonds is 4. The third-order valence-electron chi connectivity index (χ3n) is 3.88. The summed E-state index contributed by atoms with van der Waals surface area (Å²) in [5, 5.41) is 5.30. The van der Waals surface area contributed by atoms with Crippen molar-refractivity contribution in [2.24, 2.45) is 0 Å². The molecule has 0 aliphatic carbocycles. The maximum Gasteiger partial charge on any atom is 0.491 e. The summed E-state index contributed by atoms with van der Waals surface area (Å²) >= 11 is 0. The summed E-state index contributed by atoms with van der Waals surface area (Å²) in [7, 11) is 0. The number of esters is 1. The molecule has 29 heavy (non-hydrogen) atoms. The van der Waals surface area contributed by atoms with Crippen molar-refractivity contribution in [1.82, 2.24) is 15.1 Å². The van der Waals surface area contributed by atoms with Crippen molar-refractivity contribution in [3.63, 3.8) is 0 Å². The SMILES string of the molecule is O=C(Oc1nn(CC(F)(F)F)c2cc(O[C@H]3CNCC3(F)F)ccc12)C(F)(F)F. The lowest BCUT2D eigenvalue weighted by molar-refractivity contribution is -0.189. The Kier molecular flexibility index (Phi) is 5.09. The number of halogens is 8. The predicted molar refractivity (Wildman–Crippen MR) is 79.7 cm³/mol. The molecule has 0 saturated carbocycles. The number of alkyl halides is 8. The van der Waals surface area contributed by atoms with Crippen LogP contribution in [0.1, 0.15) is 0 Å². The normalized spacial score (nSPS) is 19.5. The first-order valence-electron chi connectivity index (χ1n) is 7.88. The van der Waals surface area contributed by atoms with Gasteiger partial charge in [0.2, 0.25) is 5.88 Å². The largest absolute Gasteiger partial charge is 0.491 e. The van der Waals surface area contributed by atoms with Crippen LogP contribution in [-0.2, 0) is 11.3 Å². The first kappa shape index (κ1) is 21.1. The predicted octanol–water partition coefficient (Wildman–Crippen LogP) is 3.05. The van der Waals surface area contributed by atoms with Gasteiger partial charge in [-0.2, -0.15) is 26.3 Å². The molecule has 1 aliphatic heterocycles. The highest BCUT2D eigenvalue weighted by molar-refractivity contribution is 5.89. The van der Waals surface area contributed by atoms with Gasteiger partial charge in [-0.05, 0) is 12.1 Å². The van der Waals surface area contributed by atoms with E-state index in [9.17, 15) is 39.9 Å². The van der Waals surface area contributed by atoms with Gasteiger partial charge in [0.15, 0.2) is 6.10 Å². The fourth-order valence-corrected chi connectivity index (χ4v) is 2.63. The molecule has 1 aromatic heterocycles. The summed E-state index contributed by atoms with van der Waals surface area (Å²) in [5.41, 5.74) is -0.418. The quantitative estimate of drug-likeness (QED) is 0.593. The number of hydrogen-bond acceptors (Lipinski definition) is 5. The monoisotopic (exact) mass is 433 g/mol. The number of carbonyl (C=O) groups is 1. The fourth-order valence-electron chi connectivity index (χ4n) is 2.63. The Bertz CT molecular complexity index is 922. The topological polar surface area (TPSA) is 65.4 Å². The summed E-state index contributed by atoms with van der Waals surface area (Å²) in [4.78, 5) is 11.0. The van der Waals surface area contributed by atoms with Gasteiger partial charge >= 0.3 is 18.3 Å². The number of fused-ring (bicyclic) bond motifs is 1. The molecular weight excluding hydrogens is 422 g/mol. The van der Waals surface area contributed by atoms with Crippen LogP contribution < -0.4 is 14.8 Å². The molecule has 160 valence electrons. The standard InChI is InChI=1S/C15H11F8N3O3/c16-13(17)5-24-4-10(13)28-7-1-2-8-9(3-7)26(6-14(18,19)20)25-11(8)29-12(27)15(21,22)23/h1-3,10,24H,4-6H2/t10-/m0/s1. The molecule has 0 radical (unpaired) electrons. The summed E-state index contributed by atoms with van der Waals surface area (Å²) in [6.45, 7) is -2.59.